The Morgan fingerprint density at radius 1 is 1.20 bits per heavy atom. The van der Waals surface area contributed by atoms with E-state index in [0.29, 0.717) is 5.56 Å². The molecule has 0 heterocycles. The van der Waals surface area contributed by atoms with Crippen LogP contribution in [0.3, 0.4) is 0 Å². The number of carbonyl (C=O) groups excluding carboxylic acids is 3. The predicted octanol–water partition coefficient (Wildman–Crippen LogP) is 1.64. The first-order chi connectivity index (χ1) is 9.43. The molecule has 1 amide bonds. The number of esters is 1. The summed E-state index contributed by atoms with van der Waals surface area (Å²) in [5.41, 5.74) is 1.53. The number of ether oxygens (including phenoxy) is 1. The summed E-state index contributed by atoms with van der Waals surface area (Å²) < 4.78 is 4.69. The Hall–Kier alpha value is -2.17. The van der Waals surface area contributed by atoms with Crippen molar-refractivity contribution in [3.05, 3.63) is 35.4 Å². The Morgan fingerprint density at radius 3 is 2.35 bits per heavy atom. The van der Waals surface area contributed by atoms with E-state index in [0.717, 1.165) is 5.56 Å². The lowest BCUT2D eigenvalue weighted by Gasteiger charge is -2.12. The SMILES string of the molecule is CCOC(=O)CC(=O)C(C)NC(=O)c1ccc(C)cc1. The molecule has 1 N–H and O–H groups in total. The Bertz CT molecular complexity index is 493. The summed E-state index contributed by atoms with van der Waals surface area (Å²) in [6.07, 6.45) is -0.330. The van der Waals surface area contributed by atoms with Crippen LogP contribution in [-0.2, 0) is 14.3 Å². The van der Waals surface area contributed by atoms with Gasteiger partial charge in [-0.15, -0.1) is 0 Å². The van der Waals surface area contributed by atoms with E-state index in [-0.39, 0.29) is 24.7 Å². The average molecular weight is 277 g/mol. The van der Waals surface area contributed by atoms with E-state index in [1.54, 1.807) is 26.0 Å². The van der Waals surface area contributed by atoms with E-state index < -0.39 is 12.0 Å². The summed E-state index contributed by atoms with van der Waals surface area (Å²) in [6.45, 7) is 5.38. The molecule has 0 bridgehead atoms. The summed E-state index contributed by atoms with van der Waals surface area (Å²) in [7, 11) is 0. The zero-order valence-electron chi connectivity index (χ0n) is 11.9. The quantitative estimate of drug-likeness (QED) is 0.633. The van der Waals surface area contributed by atoms with E-state index in [2.05, 4.69) is 5.32 Å². The predicted molar refractivity (Wildman–Crippen MR) is 74.4 cm³/mol. The first kappa shape index (κ1) is 15.9. The fraction of sp³-hybridized carbons (Fsp3) is 0.400. The molecule has 0 aromatic heterocycles. The molecule has 108 valence electrons. The highest BCUT2D eigenvalue weighted by atomic mass is 16.5. The van der Waals surface area contributed by atoms with E-state index >= 15 is 0 Å². The van der Waals surface area contributed by atoms with Crippen molar-refractivity contribution in [2.45, 2.75) is 33.2 Å². The second-order valence-electron chi connectivity index (χ2n) is 4.51. The number of ketones is 1. The van der Waals surface area contributed by atoms with Crippen LogP contribution in [0.2, 0.25) is 0 Å². The highest BCUT2D eigenvalue weighted by Crippen LogP contribution is 2.04. The molecule has 5 nitrogen and oxygen atoms in total. The van der Waals surface area contributed by atoms with Crippen molar-refractivity contribution in [1.29, 1.82) is 0 Å². The molecule has 0 fully saturated rings. The molecule has 1 atom stereocenters. The van der Waals surface area contributed by atoms with E-state index in [4.69, 9.17) is 4.74 Å². The number of Topliss-reactive ketones (excluding diaryl/α,β-unsaturated/α-hetero) is 1. The molecule has 0 radical (unpaired) electrons. The lowest BCUT2D eigenvalue weighted by molar-refractivity contribution is -0.145. The van der Waals surface area contributed by atoms with Crippen molar-refractivity contribution in [2.24, 2.45) is 0 Å². The Balaban J connectivity index is 2.54. The molecular weight excluding hydrogens is 258 g/mol. The van der Waals surface area contributed by atoms with Crippen LogP contribution in [0, 0.1) is 6.92 Å². The Labute approximate surface area is 118 Å². The van der Waals surface area contributed by atoms with Crippen LogP contribution in [0.1, 0.15) is 36.2 Å². The van der Waals surface area contributed by atoms with Gasteiger partial charge in [0, 0.05) is 5.56 Å². The van der Waals surface area contributed by atoms with E-state index in [1.165, 1.54) is 0 Å². The normalized spacial score (nSPS) is 11.6. The minimum absolute atomic E-state index is 0.232. The third kappa shape index (κ3) is 4.84. The average Bonchev–Trinajstić information content (AvgIpc) is 2.39. The van der Waals surface area contributed by atoms with Crippen molar-refractivity contribution in [3.8, 4) is 0 Å². The summed E-state index contributed by atoms with van der Waals surface area (Å²) in [5.74, 6) is -1.28. The monoisotopic (exact) mass is 277 g/mol. The van der Waals surface area contributed by atoms with E-state index in [9.17, 15) is 14.4 Å². The fourth-order valence-corrected chi connectivity index (χ4v) is 1.57. The molecule has 0 saturated carbocycles. The summed E-state index contributed by atoms with van der Waals surface area (Å²) in [4.78, 5) is 34.8. The molecule has 0 spiro atoms. The van der Waals surface area contributed by atoms with E-state index in [1.807, 2.05) is 19.1 Å². The lowest BCUT2D eigenvalue weighted by Crippen LogP contribution is -2.39. The van der Waals surface area contributed by atoms with Gasteiger partial charge in [-0.2, -0.15) is 0 Å². The molecule has 0 saturated heterocycles. The van der Waals surface area contributed by atoms with Crippen molar-refractivity contribution < 1.29 is 19.1 Å². The maximum Gasteiger partial charge on any atom is 0.313 e. The number of nitrogens with one attached hydrogen (secondary N) is 1. The van der Waals surface area contributed by atoms with Crippen LogP contribution >= 0.6 is 0 Å². The van der Waals surface area contributed by atoms with Crippen LogP contribution < -0.4 is 5.32 Å². The Kier molecular flexibility index (Phi) is 5.90. The van der Waals surface area contributed by atoms with Gasteiger partial charge in [0.1, 0.15) is 6.42 Å². The van der Waals surface area contributed by atoms with Gasteiger partial charge < -0.3 is 10.1 Å². The first-order valence-corrected chi connectivity index (χ1v) is 6.50. The minimum Gasteiger partial charge on any atom is -0.466 e. The number of hydrogen-bond donors (Lipinski definition) is 1. The number of benzene rings is 1. The fourth-order valence-electron chi connectivity index (χ4n) is 1.57. The van der Waals surface area contributed by atoms with Crippen molar-refractivity contribution in [1.82, 2.24) is 5.32 Å². The van der Waals surface area contributed by atoms with Crippen LogP contribution in [0.25, 0.3) is 0 Å². The van der Waals surface area contributed by atoms with Gasteiger partial charge in [0.25, 0.3) is 5.91 Å². The molecule has 0 aliphatic heterocycles. The van der Waals surface area contributed by atoms with Crippen LogP contribution in [0.5, 0.6) is 0 Å². The molecule has 20 heavy (non-hydrogen) atoms. The second-order valence-corrected chi connectivity index (χ2v) is 4.51. The number of rotatable bonds is 6. The van der Waals surface area contributed by atoms with Gasteiger partial charge in [-0.05, 0) is 32.9 Å². The van der Waals surface area contributed by atoms with Crippen molar-refractivity contribution in [3.63, 3.8) is 0 Å². The third-order valence-electron chi connectivity index (χ3n) is 2.77. The second kappa shape index (κ2) is 7.43. The summed E-state index contributed by atoms with van der Waals surface area (Å²) in [6, 6.07) is 6.29. The number of amides is 1. The smallest absolute Gasteiger partial charge is 0.313 e. The Morgan fingerprint density at radius 2 is 1.80 bits per heavy atom. The van der Waals surface area contributed by atoms with Gasteiger partial charge in [0.05, 0.1) is 12.6 Å². The van der Waals surface area contributed by atoms with Gasteiger partial charge >= 0.3 is 5.97 Å². The van der Waals surface area contributed by atoms with Gasteiger partial charge in [0.15, 0.2) is 5.78 Å². The van der Waals surface area contributed by atoms with Crippen LogP contribution in [0.15, 0.2) is 24.3 Å². The van der Waals surface area contributed by atoms with Crippen LogP contribution in [0.4, 0.5) is 0 Å². The summed E-state index contributed by atoms with van der Waals surface area (Å²) >= 11 is 0. The van der Waals surface area contributed by atoms with Crippen molar-refractivity contribution >= 4 is 17.7 Å². The third-order valence-corrected chi connectivity index (χ3v) is 2.77. The topological polar surface area (TPSA) is 72.5 Å². The first-order valence-electron chi connectivity index (χ1n) is 6.50. The largest absolute Gasteiger partial charge is 0.466 e. The van der Waals surface area contributed by atoms with Crippen LogP contribution in [-0.4, -0.2) is 30.3 Å². The maximum absolute atomic E-state index is 11.9. The maximum atomic E-state index is 11.9. The summed E-state index contributed by atoms with van der Waals surface area (Å²) in [5, 5.41) is 2.57. The standard InChI is InChI=1S/C15H19NO4/c1-4-20-14(18)9-13(17)11(3)16-15(19)12-7-5-10(2)6-8-12/h5-8,11H,4,9H2,1-3H3,(H,16,19). The molecule has 1 aromatic rings. The highest BCUT2D eigenvalue weighted by molar-refractivity contribution is 6.02. The molecule has 0 aliphatic carbocycles. The molecule has 5 heteroatoms. The van der Waals surface area contributed by atoms with Gasteiger partial charge in [0.2, 0.25) is 0 Å². The van der Waals surface area contributed by atoms with Gasteiger partial charge in [-0.25, -0.2) is 0 Å². The lowest BCUT2D eigenvalue weighted by atomic mass is 10.1. The number of hydrogen-bond acceptors (Lipinski definition) is 4. The molecule has 1 aromatic carbocycles. The zero-order chi connectivity index (χ0) is 15.1. The number of carbonyl (C=O) groups is 3. The minimum atomic E-state index is -0.729. The van der Waals surface area contributed by atoms with Gasteiger partial charge in [-0.1, -0.05) is 17.7 Å². The molecule has 1 unspecified atom stereocenters. The molecule has 0 aliphatic rings. The molecule has 1 rings (SSSR count). The van der Waals surface area contributed by atoms with Gasteiger partial charge in [-0.3, -0.25) is 14.4 Å². The highest BCUT2D eigenvalue weighted by Gasteiger charge is 2.19. The zero-order valence-corrected chi connectivity index (χ0v) is 11.9. The van der Waals surface area contributed by atoms with Crippen molar-refractivity contribution in [2.75, 3.05) is 6.61 Å². The number of aryl methyl sites for hydroxylation is 1. The molecular formula is C15H19NO4.